The van der Waals surface area contributed by atoms with E-state index in [1.807, 2.05) is 0 Å². The maximum Gasteiger partial charge on any atom is 0.191 e. The first-order chi connectivity index (χ1) is 8.31. The Labute approximate surface area is 102 Å². The Morgan fingerprint density at radius 1 is 1.35 bits per heavy atom. The molecule has 0 radical (unpaired) electrons. The summed E-state index contributed by atoms with van der Waals surface area (Å²) in [5.41, 5.74) is 1.44. The van der Waals surface area contributed by atoms with Crippen molar-refractivity contribution in [1.82, 2.24) is 10.6 Å². The predicted octanol–water partition coefficient (Wildman–Crippen LogP) is 1.55. The lowest BCUT2D eigenvalue weighted by molar-refractivity contribution is 0.697. The molecule has 1 aromatic rings. The molecule has 1 aromatic carbocycles. The normalized spacial score (nSPS) is 30.6. The predicted molar refractivity (Wildman–Crippen MR) is 70.1 cm³/mol. The van der Waals surface area contributed by atoms with Crippen LogP contribution in [0.15, 0.2) is 35.3 Å². The number of rotatable bonds is 3. The maximum absolute atomic E-state index is 4.43. The van der Waals surface area contributed by atoms with Crippen molar-refractivity contribution >= 4 is 5.96 Å². The van der Waals surface area contributed by atoms with E-state index < -0.39 is 0 Å². The second-order valence-electron chi connectivity index (χ2n) is 5.17. The van der Waals surface area contributed by atoms with Gasteiger partial charge in [0.25, 0.3) is 0 Å². The van der Waals surface area contributed by atoms with Crippen LogP contribution in [0.25, 0.3) is 0 Å². The molecule has 90 valence electrons. The molecule has 17 heavy (non-hydrogen) atoms. The van der Waals surface area contributed by atoms with E-state index in [2.05, 4.69) is 52.9 Å². The van der Waals surface area contributed by atoms with Crippen LogP contribution in [0, 0.1) is 5.92 Å². The molecule has 2 N–H and O–H groups in total. The van der Waals surface area contributed by atoms with Crippen molar-refractivity contribution < 1.29 is 0 Å². The van der Waals surface area contributed by atoms with Crippen LogP contribution in [0.1, 0.15) is 18.9 Å². The quantitative estimate of drug-likeness (QED) is 0.825. The number of benzene rings is 1. The van der Waals surface area contributed by atoms with Crippen LogP contribution >= 0.6 is 0 Å². The Morgan fingerprint density at radius 2 is 2.18 bits per heavy atom. The number of guanidine groups is 1. The van der Waals surface area contributed by atoms with Crippen LogP contribution in [-0.2, 0) is 6.42 Å². The summed E-state index contributed by atoms with van der Waals surface area (Å²) < 4.78 is 0. The van der Waals surface area contributed by atoms with Crippen molar-refractivity contribution in [3.8, 4) is 0 Å². The van der Waals surface area contributed by atoms with E-state index in [-0.39, 0.29) is 0 Å². The van der Waals surface area contributed by atoms with Gasteiger partial charge in [0.2, 0.25) is 0 Å². The highest BCUT2D eigenvalue weighted by Crippen LogP contribution is 2.33. The van der Waals surface area contributed by atoms with Gasteiger partial charge in [-0.3, -0.25) is 4.99 Å². The van der Waals surface area contributed by atoms with Crippen molar-refractivity contribution in [3.63, 3.8) is 0 Å². The molecule has 0 bridgehead atoms. The SMILES string of the molecule is CC1CN=C(NC2CC2Cc2ccccc2)N1. The van der Waals surface area contributed by atoms with E-state index in [0.29, 0.717) is 12.1 Å². The molecule has 1 fully saturated rings. The van der Waals surface area contributed by atoms with Gasteiger partial charge in [0.15, 0.2) is 5.96 Å². The van der Waals surface area contributed by atoms with Gasteiger partial charge in [0.1, 0.15) is 0 Å². The Kier molecular flexibility index (Phi) is 2.75. The average Bonchev–Trinajstić information content (AvgIpc) is 2.91. The first-order valence-corrected chi connectivity index (χ1v) is 6.43. The minimum absolute atomic E-state index is 0.490. The average molecular weight is 229 g/mol. The molecule has 1 aliphatic carbocycles. The molecule has 0 spiro atoms. The molecule has 0 aromatic heterocycles. The first-order valence-electron chi connectivity index (χ1n) is 6.43. The number of hydrogen-bond acceptors (Lipinski definition) is 3. The summed E-state index contributed by atoms with van der Waals surface area (Å²) in [6.45, 7) is 3.06. The summed E-state index contributed by atoms with van der Waals surface area (Å²) in [7, 11) is 0. The number of nitrogens with zero attached hydrogens (tertiary/aromatic N) is 1. The molecule has 3 unspecified atom stereocenters. The summed E-state index contributed by atoms with van der Waals surface area (Å²) in [5, 5.41) is 6.84. The lowest BCUT2D eigenvalue weighted by Gasteiger charge is -2.08. The number of hydrogen-bond donors (Lipinski definition) is 2. The van der Waals surface area contributed by atoms with Gasteiger partial charge < -0.3 is 10.6 Å². The van der Waals surface area contributed by atoms with Gasteiger partial charge in [0, 0.05) is 12.1 Å². The fourth-order valence-electron chi connectivity index (χ4n) is 2.38. The summed E-state index contributed by atoms with van der Waals surface area (Å²) in [5.74, 6) is 1.77. The minimum atomic E-state index is 0.490. The monoisotopic (exact) mass is 229 g/mol. The van der Waals surface area contributed by atoms with Gasteiger partial charge in [-0.05, 0) is 31.2 Å². The van der Waals surface area contributed by atoms with Crippen molar-refractivity contribution in [2.24, 2.45) is 10.9 Å². The molecule has 0 saturated heterocycles. The zero-order valence-corrected chi connectivity index (χ0v) is 10.2. The zero-order chi connectivity index (χ0) is 11.7. The summed E-state index contributed by atoms with van der Waals surface area (Å²) in [6, 6.07) is 11.8. The Hall–Kier alpha value is -1.51. The Bertz CT molecular complexity index is 413. The lowest BCUT2D eigenvalue weighted by atomic mass is 10.1. The molecule has 3 atom stereocenters. The molecular formula is C14H19N3. The standard InChI is InChI=1S/C14H19N3/c1-10-9-15-14(16-10)17-13-8-12(13)7-11-5-3-2-4-6-11/h2-6,10,12-13H,7-9H2,1H3,(H2,15,16,17). The summed E-state index contributed by atoms with van der Waals surface area (Å²) in [6.07, 6.45) is 2.45. The third-order valence-corrected chi connectivity index (χ3v) is 3.49. The highest BCUT2D eigenvalue weighted by Gasteiger charge is 2.38. The van der Waals surface area contributed by atoms with E-state index in [1.165, 1.54) is 18.4 Å². The van der Waals surface area contributed by atoms with Crippen molar-refractivity contribution in [1.29, 1.82) is 0 Å². The molecule has 3 nitrogen and oxygen atoms in total. The molecule has 1 saturated carbocycles. The smallest absolute Gasteiger partial charge is 0.191 e. The van der Waals surface area contributed by atoms with Crippen LogP contribution in [0.2, 0.25) is 0 Å². The second kappa shape index (κ2) is 4.40. The van der Waals surface area contributed by atoms with Gasteiger partial charge >= 0.3 is 0 Å². The van der Waals surface area contributed by atoms with Crippen LogP contribution < -0.4 is 10.6 Å². The lowest BCUT2D eigenvalue weighted by Crippen LogP contribution is -2.39. The van der Waals surface area contributed by atoms with E-state index in [1.54, 1.807) is 0 Å². The van der Waals surface area contributed by atoms with Gasteiger partial charge in [-0.1, -0.05) is 30.3 Å². The maximum atomic E-state index is 4.43. The van der Waals surface area contributed by atoms with E-state index in [4.69, 9.17) is 0 Å². The highest BCUT2D eigenvalue weighted by molar-refractivity contribution is 5.82. The molecule has 3 rings (SSSR count). The summed E-state index contributed by atoms with van der Waals surface area (Å²) >= 11 is 0. The fourth-order valence-corrected chi connectivity index (χ4v) is 2.38. The van der Waals surface area contributed by atoms with Gasteiger partial charge in [-0.25, -0.2) is 0 Å². The van der Waals surface area contributed by atoms with Crippen LogP contribution in [0.4, 0.5) is 0 Å². The third-order valence-electron chi connectivity index (χ3n) is 3.49. The van der Waals surface area contributed by atoms with E-state index in [9.17, 15) is 0 Å². The van der Waals surface area contributed by atoms with Gasteiger partial charge in [-0.15, -0.1) is 0 Å². The largest absolute Gasteiger partial charge is 0.353 e. The number of aliphatic imine (C=N–C) groups is 1. The van der Waals surface area contributed by atoms with Crippen molar-refractivity contribution in [2.45, 2.75) is 31.8 Å². The molecular weight excluding hydrogens is 210 g/mol. The molecule has 1 heterocycles. The molecule has 3 heteroatoms. The second-order valence-corrected chi connectivity index (χ2v) is 5.17. The Morgan fingerprint density at radius 3 is 2.88 bits per heavy atom. The topological polar surface area (TPSA) is 36.4 Å². The third kappa shape index (κ3) is 2.60. The van der Waals surface area contributed by atoms with Gasteiger partial charge in [0.05, 0.1) is 6.54 Å². The number of nitrogens with one attached hydrogen (secondary N) is 2. The minimum Gasteiger partial charge on any atom is -0.353 e. The first kappa shape index (κ1) is 10.6. The van der Waals surface area contributed by atoms with Crippen molar-refractivity contribution in [2.75, 3.05) is 6.54 Å². The molecule has 0 amide bonds. The summed E-state index contributed by atoms with van der Waals surface area (Å²) in [4.78, 5) is 4.43. The highest BCUT2D eigenvalue weighted by atomic mass is 15.3. The van der Waals surface area contributed by atoms with Crippen LogP contribution in [0.3, 0.4) is 0 Å². The van der Waals surface area contributed by atoms with E-state index in [0.717, 1.165) is 18.4 Å². The van der Waals surface area contributed by atoms with Crippen LogP contribution in [-0.4, -0.2) is 24.6 Å². The van der Waals surface area contributed by atoms with Crippen LogP contribution in [0.5, 0.6) is 0 Å². The zero-order valence-electron chi connectivity index (χ0n) is 10.2. The van der Waals surface area contributed by atoms with Gasteiger partial charge in [-0.2, -0.15) is 0 Å². The Balaban J connectivity index is 1.47. The van der Waals surface area contributed by atoms with Crippen molar-refractivity contribution in [3.05, 3.63) is 35.9 Å². The molecule has 1 aliphatic heterocycles. The van der Waals surface area contributed by atoms with E-state index >= 15 is 0 Å². The fraction of sp³-hybridized carbons (Fsp3) is 0.500. The molecule has 2 aliphatic rings.